The van der Waals surface area contributed by atoms with Crippen LogP contribution >= 0.6 is 0 Å². The summed E-state index contributed by atoms with van der Waals surface area (Å²) in [4.78, 5) is 13.6. The van der Waals surface area contributed by atoms with Crippen LogP contribution in [0, 0.1) is 0 Å². The van der Waals surface area contributed by atoms with Gasteiger partial charge in [-0.1, -0.05) is 6.07 Å². The van der Waals surface area contributed by atoms with E-state index in [0.29, 0.717) is 16.9 Å². The Morgan fingerprint density at radius 1 is 1.38 bits per heavy atom. The van der Waals surface area contributed by atoms with Crippen LogP contribution in [0.15, 0.2) is 33.6 Å². The van der Waals surface area contributed by atoms with Crippen molar-refractivity contribution in [3.05, 3.63) is 34.9 Å². The fourth-order valence-electron chi connectivity index (χ4n) is 1.65. The number of nitrogens with two attached hydrogens (primary N) is 1. The third-order valence-electron chi connectivity index (χ3n) is 2.40. The molecule has 2 heterocycles. The van der Waals surface area contributed by atoms with Crippen molar-refractivity contribution in [2.24, 2.45) is 0 Å². The monoisotopic (exact) mass is 216 g/mol. The van der Waals surface area contributed by atoms with Gasteiger partial charge in [0.15, 0.2) is 5.58 Å². The minimum Gasteiger partial charge on any atom is -0.408 e. The van der Waals surface area contributed by atoms with E-state index in [-0.39, 0.29) is 0 Å². The molecule has 0 radical (unpaired) electrons. The molecule has 0 saturated heterocycles. The third kappa shape index (κ3) is 1.20. The smallest absolute Gasteiger partial charge is 0.408 e. The molecular weight excluding hydrogens is 208 g/mol. The number of oxazole rings is 1. The molecular formula is C10H8N4O2. The normalized spacial score (nSPS) is 11.0. The molecule has 0 saturated carbocycles. The minimum absolute atomic E-state index is 0.465. The number of aromatic amines is 2. The molecule has 0 aliphatic rings. The zero-order valence-electron chi connectivity index (χ0n) is 8.15. The van der Waals surface area contributed by atoms with Gasteiger partial charge in [-0.2, -0.15) is 5.10 Å². The van der Waals surface area contributed by atoms with Crippen LogP contribution in [0.2, 0.25) is 0 Å². The van der Waals surface area contributed by atoms with E-state index in [1.165, 1.54) is 0 Å². The number of anilines is 1. The highest BCUT2D eigenvalue weighted by Crippen LogP contribution is 2.25. The van der Waals surface area contributed by atoms with E-state index in [1.807, 2.05) is 6.07 Å². The van der Waals surface area contributed by atoms with E-state index in [2.05, 4.69) is 15.2 Å². The molecule has 0 unspecified atom stereocenters. The second kappa shape index (κ2) is 2.99. The summed E-state index contributed by atoms with van der Waals surface area (Å²) < 4.78 is 4.90. The molecule has 16 heavy (non-hydrogen) atoms. The summed E-state index contributed by atoms with van der Waals surface area (Å²) in [5.74, 6) is 0.0255. The van der Waals surface area contributed by atoms with Gasteiger partial charge in [0.1, 0.15) is 5.82 Å². The highest BCUT2D eigenvalue weighted by Gasteiger charge is 2.07. The number of fused-ring (bicyclic) bond motifs is 1. The van der Waals surface area contributed by atoms with Gasteiger partial charge in [-0.3, -0.25) is 10.1 Å². The maximum Gasteiger partial charge on any atom is 0.417 e. The molecule has 0 atom stereocenters. The number of rotatable bonds is 1. The highest BCUT2D eigenvalue weighted by molar-refractivity contribution is 5.82. The van der Waals surface area contributed by atoms with Gasteiger partial charge < -0.3 is 10.2 Å². The zero-order valence-corrected chi connectivity index (χ0v) is 8.15. The maximum atomic E-state index is 11.0. The topological polar surface area (TPSA) is 101 Å². The molecule has 4 N–H and O–H groups in total. The summed E-state index contributed by atoms with van der Waals surface area (Å²) in [5, 5.41) is 6.49. The quantitative estimate of drug-likeness (QED) is 0.566. The lowest BCUT2D eigenvalue weighted by Crippen LogP contribution is -1.93. The predicted octanol–water partition coefficient (Wildman–Crippen LogP) is 1.09. The van der Waals surface area contributed by atoms with Gasteiger partial charge >= 0.3 is 5.76 Å². The number of H-pyrrole nitrogens is 2. The van der Waals surface area contributed by atoms with E-state index in [0.717, 1.165) is 11.1 Å². The maximum absolute atomic E-state index is 11.0. The number of benzene rings is 1. The van der Waals surface area contributed by atoms with Crippen LogP contribution in [0.5, 0.6) is 0 Å². The van der Waals surface area contributed by atoms with Gasteiger partial charge in [-0.05, 0) is 17.7 Å². The number of nitrogens with zero attached hydrogens (tertiary/aromatic N) is 1. The number of hydrogen-bond donors (Lipinski definition) is 3. The molecule has 6 heteroatoms. The van der Waals surface area contributed by atoms with Crippen molar-refractivity contribution in [3.8, 4) is 11.1 Å². The molecule has 6 nitrogen and oxygen atoms in total. The Bertz CT molecular complexity index is 707. The number of hydrogen-bond acceptors (Lipinski definition) is 4. The van der Waals surface area contributed by atoms with Crippen molar-refractivity contribution in [1.82, 2.24) is 15.2 Å². The first kappa shape index (κ1) is 8.78. The molecule has 0 amide bonds. The summed E-state index contributed by atoms with van der Waals surface area (Å²) in [5.41, 5.74) is 8.54. The van der Waals surface area contributed by atoms with E-state index in [9.17, 15) is 4.79 Å². The van der Waals surface area contributed by atoms with E-state index >= 15 is 0 Å². The fraction of sp³-hybridized carbons (Fsp3) is 0. The molecule has 80 valence electrons. The summed E-state index contributed by atoms with van der Waals surface area (Å²) in [6.45, 7) is 0. The van der Waals surface area contributed by atoms with Crippen molar-refractivity contribution in [2.75, 3.05) is 5.73 Å². The Balaban J connectivity index is 2.26. The molecule has 0 spiro atoms. The number of nitrogens with one attached hydrogen (secondary N) is 2. The molecule has 0 bridgehead atoms. The number of nitrogen functional groups attached to an aromatic ring is 1. The average Bonchev–Trinajstić information content (AvgIpc) is 2.81. The lowest BCUT2D eigenvalue weighted by Gasteiger charge is -1.98. The van der Waals surface area contributed by atoms with Crippen molar-refractivity contribution >= 4 is 16.9 Å². The van der Waals surface area contributed by atoms with E-state index in [1.54, 1.807) is 18.3 Å². The predicted molar refractivity (Wildman–Crippen MR) is 58.8 cm³/mol. The lowest BCUT2D eigenvalue weighted by atomic mass is 10.1. The van der Waals surface area contributed by atoms with Crippen molar-refractivity contribution in [1.29, 1.82) is 0 Å². The average molecular weight is 216 g/mol. The Morgan fingerprint density at radius 2 is 2.25 bits per heavy atom. The Labute approximate surface area is 89.1 Å². The molecule has 3 rings (SSSR count). The summed E-state index contributed by atoms with van der Waals surface area (Å²) in [6, 6.07) is 5.33. The molecule has 1 aromatic carbocycles. The molecule has 0 fully saturated rings. The van der Waals surface area contributed by atoms with Crippen LogP contribution in [0.3, 0.4) is 0 Å². The SMILES string of the molecule is Nc1[nH]ncc1-c1ccc2oc(=O)[nH]c2c1. The first-order chi connectivity index (χ1) is 7.74. The summed E-state index contributed by atoms with van der Waals surface area (Å²) in [7, 11) is 0. The largest absolute Gasteiger partial charge is 0.417 e. The standard InChI is InChI=1S/C10H8N4O2/c11-9-6(4-12-14-9)5-1-2-8-7(3-5)13-10(15)16-8/h1-4H,(H,13,15)(H3,11,12,14). The Morgan fingerprint density at radius 3 is 3.00 bits per heavy atom. The molecule has 0 aliphatic heterocycles. The summed E-state index contributed by atoms with van der Waals surface area (Å²) >= 11 is 0. The second-order valence-corrected chi connectivity index (χ2v) is 3.42. The van der Waals surface area contributed by atoms with Gasteiger partial charge in [0.25, 0.3) is 0 Å². The van der Waals surface area contributed by atoms with Crippen LogP contribution in [-0.2, 0) is 0 Å². The van der Waals surface area contributed by atoms with Crippen LogP contribution in [-0.4, -0.2) is 15.2 Å². The zero-order chi connectivity index (χ0) is 11.1. The third-order valence-corrected chi connectivity index (χ3v) is 2.40. The van der Waals surface area contributed by atoms with E-state index in [4.69, 9.17) is 10.2 Å². The minimum atomic E-state index is -0.465. The van der Waals surface area contributed by atoms with E-state index < -0.39 is 5.76 Å². The van der Waals surface area contributed by atoms with Gasteiger partial charge in [-0.25, -0.2) is 4.79 Å². The van der Waals surface area contributed by atoms with Gasteiger partial charge in [0, 0.05) is 5.56 Å². The highest BCUT2D eigenvalue weighted by atomic mass is 16.4. The Kier molecular flexibility index (Phi) is 1.64. The van der Waals surface area contributed by atoms with Crippen LogP contribution in [0.25, 0.3) is 22.2 Å². The first-order valence-electron chi connectivity index (χ1n) is 4.66. The lowest BCUT2D eigenvalue weighted by molar-refractivity contribution is 0.555. The fourth-order valence-corrected chi connectivity index (χ4v) is 1.65. The Hall–Kier alpha value is -2.50. The first-order valence-corrected chi connectivity index (χ1v) is 4.66. The summed E-state index contributed by atoms with van der Waals surface area (Å²) in [6.07, 6.45) is 1.63. The molecule has 2 aromatic heterocycles. The van der Waals surface area contributed by atoms with Crippen molar-refractivity contribution < 1.29 is 4.42 Å². The van der Waals surface area contributed by atoms with Crippen LogP contribution in [0.1, 0.15) is 0 Å². The van der Waals surface area contributed by atoms with Gasteiger partial charge in [-0.15, -0.1) is 0 Å². The molecule has 0 aliphatic carbocycles. The van der Waals surface area contributed by atoms with Gasteiger partial charge in [0.2, 0.25) is 0 Å². The molecule has 3 aromatic rings. The van der Waals surface area contributed by atoms with Crippen molar-refractivity contribution in [2.45, 2.75) is 0 Å². The number of aromatic nitrogens is 3. The van der Waals surface area contributed by atoms with Crippen LogP contribution in [0.4, 0.5) is 5.82 Å². The second-order valence-electron chi connectivity index (χ2n) is 3.42. The van der Waals surface area contributed by atoms with Gasteiger partial charge in [0.05, 0.1) is 11.7 Å². The van der Waals surface area contributed by atoms with Crippen molar-refractivity contribution in [3.63, 3.8) is 0 Å². The van der Waals surface area contributed by atoms with Crippen LogP contribution < -0.4 is 11.5 Å².